The van der Waals surface area contributed by atoms with E-state index in [0.29, 0.717) is 0 Å². The van der Waals surface area contributed by atoms with E-state index in [9.17, 15) is 0 Å². The predicted octanol–water partition coefficient (Wildman–Crippen LogP) is 5.64. The number of hydrogen-bond acceptors (Lipinski definition) is 2. The molecule has 1 aromatic rings. The minimum absolute atomic E-state index is 0.875. The molecule has 0 N–H and O–H groups in total. The van der Waals surface area contributed by atoms with E-state index < -0.39 is 0 Å². The second-order valence-electron chi connectivity index (χ2n) is 7.13. The standard InChI is InChI=1S/C25H36N2/c1-7-9-11-13-22(3)20-27(18-17-26(5)6)21-24-16-15-23(4)25(19-24)14-12-10-8-2/h7-16,19H,3,17-18,20-21H2,1-2,4-6H3/b9-7-,10-8-,13-11-,14-12-. The van der Waals surface area contributed by atoms with Gasteiger partial charge in [0.25, 0.3) is 0 Å². The van der Waals surface area contributed by atoms with Gasteiger partial charge in [-0.2, -0.15) is 0 Å². The van der Waals surface area contributed by atoms with Crippen LogP contribution in [0.5, 0.6) is 0 Å². The molecule has 0 radical (unpaired) electrons. The van der Waals surface area contributed by atoms with E-state index in [0.717, 1.165) is 31.8 Å². The molecule has 2 nitrogen and oxygen atoms in total. The predicted molar refractivity (Wildman–Crippen MR) is 122 cm³/mol. The third-order valence-electron chi connectivity index (χ3n) is 4.25. The Balaban J connectivity index is 2.90. The van der Waals surface area contributed by atoms with Gasteiger partial charge >= 0.3 is 0 Å². The van der Waals surface area contributed by atoms with Crippen LogP contribution in [0.4, 0.5) is 0 Å². The maximum atomic E-state index is 4.22. The molecule has 0 aliphatic carbocycles. The molecule has 1 aromatic carbocycles. The van der Waals surface area contributed by atoms with Crippen molar-refractivity contribution < 1.29 is 0 Å². The van der Waals surface area contributed by atoms with Gasteiger partial charge < -0.3 is 4.90 Å². The number of benzene rings is 1. The highest BCUT2D eigenvalue weighted by Crippen LogP contribution is 2.16. The van der Waals surface area contributed by atoms with Crippen LogP contribution in [0.1, 0.15) is 30.5 Å². The lowest BCUT2D eigenvalue weighted by molar-refractivity contribution is 0.251. The van der Waals surface area contributed by atoms with E-state index in [1.807, 2.05) is 32.1 Å². The van der Waals surface area contributed by atoms with Crippen molar-refractivity contribution in [3.05, 3.63) is 89.6 Å². The third-order valence-corrected chi connectivity index (χ3v) is 4.25. The number of nitrogens with zero attached hydrogens (tertiary/aromatic N) is 2. The van der Waals surface area contributed by atoms with Crippen LogP contribution in [0.3, 0.4) is 0 Å². The topological polar surface area (TPSA) is 6.48 Å². The Hall–Kier alpha value is -2.16. The van der Waals surface area contributed by atoms with Gasteiger partial charge in [-0.05, 0) is 57.1 Å². The SMILES string of the molecule is C=C(/C=C\C=C/C)CN(CCN(C)C)Cc1ccc(C)c(/C=C\C=C/C)c1. The summed E-state index contributed by atoms with van der Waals surface area (Å²) in [5.74, 6) is 0. The highest BCUT2D eigenvalue weighted by Gasteiger charge is 2.08. The highest BCUT2D eigenvalue weighted by atomic mass is 15.2. The number of hydrogen-bond donors (Lipinski definition) is 0. The molecule has 0 spiro atoms. The van der Waals surface area contributed by atoms with Crippen LogP contribution in [0.25, 0.3) is 6.08 Å². The fourth-order valence-electron chi connectivity index (χ4n) is 2.69. The van der Waals surface area contributed by atoms with Crippen molar-refractivity contribution in [1.29, 1.82) is 0 Å². The second-order valence-corrected chi connectivity index (χ2v) is 7.13. The van der Waals surface area contributed by atoms with Gasteiger partial charge in [0, 0.05) is 26.2 Å². The number of allylic oxidation sites excluding steroid dienone is 6. The van der Waals surface area contributed by atoms with Gasteiger partial charge in [-0.1, -0.05) is 73.4 Å². The van der Waals surface area contributed by atoms with Crippen LogP contribution in [0.15, 0.2) is 72.9 Å². The first-order valence-electron chi connectivity index (χ1n) is 9.69. The van der Waals surface area contributed by atoms with Gasteiger partial charge in [0.15, 0.2) is 0 Å². The summed E-state index contributed by atoms with van der Waals surface area (Å²) in [5, 5.41) is 0. The largest absolute Gasteiger partial charge is 0.308 e. The lowest BCUT2D eigenvalue weighted by Gasteiger charge is -2.25. The smallest absolute Gasteiger partial charge is 0.0238 e. The summed E-state index contributed by atoms with van der Waals surface area (Å²) in [4.78, 5) is 4.69. The summed E-state index contributed by atoms with van der Waals surface area (Å²) in [7, 11) is 4.24. The minimum atomic E-state index is 0.875. The zero-order valence-corrected chi connectivity index (χ0v) is 17.8. The molecule has 0 heterocycles. The van der Waals surface area contributed by atoms with Crippen molar-refractivity contribution in [2.75, 3.05) is 33.7 Å². The average molecular weight is 365 g/mol. The fourth-order valence-corrected chi connectivity index (χ4v) is 2.69. The van der Waals surface area contributed by atoms with Gasteiger partial charge in [0.05, 0.1) is 0 Å². The van der Waals surface area contributed by atoms with Crippen molar-refractivity contribution >= 4 is 6.08 Å². The molecule has 2 heteroatoms. The first kappa shape index (κ1) is 22.9. The average Bonchev–Trinajstić information content (AvgIpc) is 2.62. The Labute approximate surface area is 166 Å². The molecule has 0 aromatic heterocycles. The summed E-state index contributed by atoms with van der Waals surface area (Å²) in [5.41, 5.74) is 5.06. The molecule has 0 saturated carbocycles. The molecule has 1 rings (SSSR count). The van der Waals surface area contributed by atoms with Crippen LogP contribution in [-0.2, 0) is 6.54 Å². The molecule has 0 fully saturated rings. The van der Waals surface area contributed by atoms with Gasteiger partial charge in [0.1, 0.15) is 0 Å². The third kappa shape index (κ3) is 9.93. The van der Waals surface area contributed by atoms with Crippen LogP contribution in [0.2, 0.25) is 0 Å². The first-order chi connectivity index (χ1) is 13.0. The van der Waals surface area contributed by atoms with E-state index >= 15 is 0 Å². The van der Waals surface area contributed by atoms with Crippen molar-refractivity contribution in [3.63, 3.8) is 0 Å². The summed E-state index contributed by atoms with van der Waals surface area (Å²) < 4.78 is 0. The van der Waals surface area contributed by atoms with Crippen molar-refractivity contribution in [1.82, 2.24) is 9.80 Å². The molecule has 0 aliphatic heterocycles. The van der Waals surface area contributed by atoms with E-state index in [2.05, 4.69) is 86.0 Å². The van der Waals surface area contributed by atoms with Crippen LogP contribution < -0.4 is 0 Å². The van der Waals surface area contributed by atoms with Gasteiger partial charge in [-0.25, -0.2) is 0 Å². The molecule has 0 atom stereocenters. The highest BCUT2D eigenvalue weighted by molar-refractivity contribution is 5.56. The number of rotatable bonds is 11. The molecule has 0 bridgehead atoms. The molecular formula is C25H36N2. The Morgan fingerprint density at radius 1 is 1.00 bits per heavy atom. The molecule has 27 heavy (non-hydrogen) atoms. The van der Waals surface area contributed by atoms with Crippen LogP contribution >= 0.6 is 0 Å². The van der Waals surface area contributed by atoms with Crippen molar-refractivity contribution in [3.8, 4) is 0 Å². The molecule has 0 aliphatic rings. The quantitative estimate of drug-likeness (QED) is 0.469. The van der Waals surface area contributed by atoms with Crippen molar-refractivity contribution in [2.24, 2.45) is 0 Å². The Kier molecular flexibility index (Phi) is 11.1. The zero-order valence-electron chi connectivity index (χ0n) is 17.8. The maximum absolute atomic E-state index is 4.22. The second kappa shape index (κ2) is 13.1. The molecule has 146 valence electrons. The number of aryl methyl sites for hydroxylation is 1. The van der Waals surface area contributed by atoms with Crippen LogP contribution in [-0.4, -0.2) is 43.5 Å². The summed E-state index contributed by atoms with van der Waals surface area (Å²) in [6, 6.07) is 6.76. The van der Waals surface area contributed by atoms with Gasteiger partial charge in [-0.15, -0.1) is 0 Å². The maximum Gasteiger partial charge on any atom is 0.0238 e. The first-order valence-corrected chi connectivity index (χ1v) is 9.69. The Morgan fingerprint density at radius 2 is 1.70 bits per heavy atom. The van der Waals surface area contributed by atoms with Crippen LogP contribution in [0, 0.1) is 6.92 Å². The lowest BCUT2D eigenvalue weighted by atomic mass is 10.0. The van der Waals surface area contributed by atoms with E-state index in [4.69, 9.17) is 0 Å². The zero-order chi connectivity index (χ0) is 20.1. The summed E-state index contributed by atoms with van der Waals surface area (Å²) in [6.07, 6.45) is 16.6. The molecule has 0 amide bonds. The Bertz CT molecular complexity index is 690. The normalized spacial score (nSPS) is 12.7. The number of likely N-dealkylation sites (N-methyl/N-ethyl adjacent to an activating group) is 1. The van der Waals surface area contributed by atoms with Crippen molar-refractivity contribution in [2.45, 2.75) is 27.3 Å². The van der Waals surface area contributed by atoms with E-state index in [1.165, 1.54) is 16.7 Å². The Morgan fingerprint density at radius 3 is 2.37 bits per heavy atom. The van der Waals surface area contributed by atoms with Gasteiger partial charge in [0.2, 0.25) is 0 Å². The minimum Gasteiger partial charge on any atom is -0.308 e. The molecular weight excluding hydrogens is 328 g/mol. The summed E-state index contributed by atoms with van der Waals surface area (Å²) >= 11 is 0. The lowest BCUT2D eigenvalue weighted by Crippen LogP contribution is -2.32. The molecule has 0 saturated heterocycles. The van der Waals surface area contributed by atoms with E-state index in [-0.39, 0.29) is 0 Å². The monoisotopic (exact) mass is 364 g/mol. The van der Waals surface area contributed by atoms with E-state index in [1.54, 1.807) is 0 Å². The summed E-state index contributed by atoms with van der Waals surface area (Å²) in [6.45, 7) is 14.3. The van der Waals surface area contributed by atoms with Gasteiger partial charge in [-0.3, -0.25) is 4.90 Å². The molecule has 0 unspecified atom stereocenters. The fraction of sp³-hybridized carbons (Fsp3) is 0.360.